The number of benzene rings is 1. The van der Waals surface area contributed by atoms with Gasteiger partial charge in [0.15, 0.2) is 0 Å². The van der Waals surface area contributed by atoms with E-state index < -0.39 is 12.4 Å². The lowest BCUT2D eigenvalue weighted by atomic mass is 9.79. The third kappa shape index (κ3) is 3.07. The van der Waals surface area contributed by atoms with Crippen molar-refractivity contribution < 1.29 is 17.7 Å². The highest BCUT2D eigenvalue weighted by Crippen LogP contribution is 2.10. The van der Waals surface area contributed by atoms with Crippen LogP contribution in [0.1, 0.15) is 5.56 Å². The molecule has 5 heteroatoms. The van der Waals surface area contributed by atoms with E-state index in [1.54, 1.807) is 6.07 Å². The Labute approximate surface area is 80.9 Å². The van der Waals surface area contributed by atoms with Crippen LogP contribution >= 0.6 is 0 Å². The highest BCUT2D eigenvalue weighted by atomic mass is 19.4. The second-order valence-electron chi connectivity index (χ2n) is 3.06. The van der Waals surface area contributed by atoms with Crippen LogP contribution in [0.4, 0.5) is 12.9 Å². The Hall–Kier alpha value is -0.965. The molecular formula is C9H11BF3O-. The Morgan fingerprint density at radius 3 is 2.57 bits per heavy atom. The van der Waals surface area contributed by atoms with E-state index in [9.17, 15) is 12.9 Å². The minimum atomic E-state index is -4.88. The van der Waals surface area contributed by atoms with Crippen molar-refractivity contribution in [3.05, 3.63) is 29.8 Å². The molecule has 0 aromatic heterocycles. The maximum absolute atomic E-state index is 12.3. The highest BCUT2D eigenvalue weighted by Gasteiger charge is 2.25. The first-order valence-electron chi connectivity index (χ1n) is 4.32. The number of hydrogen-bond donors (Lipinski definition) is 0. The summed E-state index contributed by atoms with van der Waals surface area (Å²) in [7, 11) is 1.53. The first-order chi connectivity index (χ1) is 6.54. The quantitative estimate of drug-likeness (QED) is 0.679. The summed E-state index contributed by atoms with van der Waals surface area (Å²) in [5.74, 6) is 0. The fraction of sp³-hybridized carbons (Fsp3) is 0.333. The van der Waals surface area contributed by atoms with Crippen LogP contribution in [0.2, 0.25) is 0 Å². The van der Waals surface area contributed by atoms with E-state index in [-0.39, 0.29) is 0 Å². The normalized spacial score (nSPS) is 11.7. The maximum Gasteiger partial charge on any atom is 0.509 e. The molecule has 1 rings (SSSR count). The number of rotatable bonds is 4. The van der Waals surface area contributed by atoms with Crippen LogP contribution in [0, 0.1) is 0 Å². The Kier molecular flexibility index (Phi) is 3.58. The first kappa shape index (κ1) is 11.1. The zero-order valence-electron chi connectivity index (χ0n) is 7.84. The van der Waals surface area contributed by atoms with Crippen LogP contribution in [0.25, 0.3) is 0 Å². The molecule has 0 saturated heterocycles. The summed E-state index contributed by atoms with van der Waals surface area (Å²) in [6, 6.07) is 5.37. The third-order valence-electron chi connectivity index (χ3n) is 1.92. The zero-order valence-corrected chi connectivity index (χ0v) is 7.84. The number of methoxy groups -OCH3 is 1. The number of ether oxygens (including phenoxy) is 1. The molecule has 0 aliphatic carbocycles. The molecule has 0 fully saturated rings. The molecule has 0 atom stereocenters. The Morgan fingerprint density at radius 2 is 2.00 bits per heavy atom. The highest BCUT2D eigenvalue weighted by molar-refractivity contribution is 6.73. The summed E-state index contributed by atoms with van der Waals surface area (Å²) < 4.78 is 41.8. The van der Waals surface area contributed by atoms with Crippen LogP contribution in [0.5, 0.6) is 0 Å². The summed E-state index contributed by atoms with van der Waals surface area (Å²) in [4.78, 5) is 0. The van der Waals surface area contributed by atoms with Gasteiger partial charge >= 0.3 is 6.98 Å². The summed E-state index contributed by atoms with van der Waals surface area (Å²) in [5.41, 5.74) is 0.113. The molecule has 1 aromatic carbocycles. The zero-order chi connectivity index (χ0) is 10.6. The van der Waals surface area contributed by atoms with Crippen molar-refractivity contribution in [3.63, 3.8) is 0 Å². The average molecular weight is 203 g/mol. The van der Waals surface area contributed by atoms with E-state index in [1.165, 1.54) is 19.2 Å². The van der Waals surface area contributed by atoms with Gasteiger partial charge in [-0.25, -0.2) is 0 Å². The fourth-order valence-corrected chi connectivity index (χ4v) is 1.17. The molecule has 14 heavy (non-hydrogen) atoms. The van der Waals surface area contributed by atoms with E-state index in [4.69, 9.17) is 4.74 Å². The van der Waals surface area contributed by atoms with E-state index in [0.29, 0.717) is 18.6 Å². The van der Waals surface area contributed by atoms with Gasteiger partial charge in [-0.2, -0.15) is 0 Å². The molecule has 0 N–H and O–H groups in total. The van der Waals surface area contributed by atoms with Gasteiger partial charge in [0.05, 0.1) is 6.61 Å². The fourth-order valence-electron chi connectivity index (χ4n) is 1.17. The summed E-state index contributed by atoms with van der Waals surface area (Å²) in [6.07, 6.45) is 0.510. The van der Waals surface area contributed by atoms with E-state index in [1.807, 2.05) is 0 Å². The Bertz CT molecular complexity index is 298. The van der Waals surface area contributed by atoms with Crippen LogP contribution < -0.4 is 5.46 Å². The third-order valence-corrected chi connectivity index (χ3v) is 1.92. The smallest absolute Gasteiger partial charge is 0.445 e. The van der Waals surface area contributed by atoms with Gasteiger partial charge in [-0.05, 0) is 12.0 Å². The number of hydrogen-bond acceptors (Lipinski definition) is 1. The van der Waals surface area contributed by atoms with Crippen molar-refractivity contribution in [2.45, 2.75) is 6.42 Å². The van der Waals surface area contributed by atoms with Gasteiger partial charge in [-0.15, -0.1) is 5.46 Å². The largest absolute Gasteiger partial charge is 0.509 e. The molecular weight excluding hydrogens is 192 g/mol. The van der Waals surface area contributed by atoms with Crippen LogP contribution in [0.3, 0.4) is 0 Å². The molecule has 0 amide bonds. The van der Waals surface area contributed by atoms with Crippen molar-refractivity contribution in [2.24, 2.45) is 0 Å². The van der Waals surface area contributed by atoms with Gasteiger partial charge in [-0.3, -0.25) is 0 Å². The molecule has 78 valence electrons. The standard InChI is InChI=1S/C9H11BF3O/c1-14-6-5-8-3-2-4-9(7-8)10(11,12)13/h2-4,7H,5-6H2,1H3/q-1. The summed E-state index contributed by atoms with van der Waals surface area (Å²) >= 11 is 0. The summed E-state index contributed by atoms with van der Waals surface area (Å²) in [5, 5.41) is 0. The minimum absolute atomic E-state index is 0.439. The molecule has 1 nitrogen and oxygen atoms in total. The minimum Gasteiger partial charge on any atom is -0.445 e. The predicted octanol–water partition coefficient (Wildman–Crippen LogP) is 1.93. The Morgan fingerprint density at radius 1 is 1.29 bits per heavy atom. The molecule has 0 unspecified atom stereocenters. The van der Waals surface area contributed by atoms with Crippen LogP contribution in [-0.4, -0.2) is 20.7 Å². The van der Waals surface area contributed by atoms with E-state index in [2.05, 4.69) is 0 Å². The van der Waals surface area contributed by atoms with Gasteiger partial charge < -0.3 is 17.7 Å². The molecule has 0 spiro atoms. The van der Waals surface area contributed by atoms with Crippen molar-refractivity contribution in [3.8, 4) is 0 Å². The Balaban J connectivity index is 2.79. The van der Waals surface area contributed by atoms with Crippen molar-refractivity contribution in [1.82, 2.24) is 0 Å². The summed E-state index contributed by atoms with van der Waals surface area (Å²) in [6.45, 7) is -4.44. The molecule has 0 aliphatic heterocycles. The monoisotopic (exact) mass is 203 g/mol. The maximum atomic E-state index is 12.3. The van der Waals surface area contributed by atoms with Gasteiger partial charge in [0.1, 0.15) is 0 Å². The topological polar surface area (TPSA) is 9.23 Å². The lowest BCUT2D eigenvalue weighted by Crippen LogP contribution is -2.34. The van der Waals surface area contributed by atoms with E-state index >= 15 is 0 Å². The second kappa shape index (κ2) is 4.51. The van der Waals surface area contributed by atoms with E-state index in [0.717, 1.165) is 6.07 Å². The van der Waals surface area contributed by atoms with Gasteiger partial charge in [0, 0.05) is 7.11 Å². The van der Waals surface area contributed by atoms with Gasteiger partial charge in [0.25, 0.3) is 0 Å². The van der Waals surface area contributed by atoms with Crippen molar-refractivity contribution in [1.29, 1.82) is 0 Å². The molecule has 0 bridgehead atoms. The van der Waals surface area contributed by atoms with Crippen molar-refractivity contribution in [2.75, 3.05) is 13.7 Å². The molecule has 1 aromatic rings. The predicted molar refractivity (Wildman–Crippen MR) is 50.7 cm³/mol. The lowest BCUT2D eigenvalue weighted by Gasteiger charge is -2.15. The lowest BCUT2D eigenvalue weighted by molar-refractivity contribution is 0.202. The number of halogens is 3. The molecule has 0 heterocycles. The van der Waals surface area contributed by atoms with Crippen LogP contribution in [-0.2, 0) is 11.2 Å². The SMILES string of the molecule is COCCc1cccc([B-](F)(F)F)c1. The molecule has 0 radical (unpaired) electrons. The van der Waals surface area contributed by atoms with Crippen LogP contribution in [0.15, 0.2) is 24.3 Å². The second-order valence-corrected chi connectivity index (χ2v) is 3.06. The average Bonchev–Trinajstić information content (AvgIpc) is 2.14. The first-order valence-corrected chi connectivity index (χ1v) is 4.32. The van der Waals surface area contributed by atoms with Crippen molar-refractivity contribution >= 4 is 12.4 Å². The molecule has 0 saturated carbocycles. The molecule has 0 aliphatic rings. The van der Waals surface area contributed by atoms with Gasteiger partial charge in [-0.1, -0.05) is 24.3 Å². The van der Waals surface area contributed by atoms with Gasteiger partial charge in [0.2, 0.25) is 0 Å².